The van der Waals surface area contributed by atoms with Gasteiger partial charge >= 0.3 is 6.03 Å². The minimum atomic E-state index is -0.0365. The van der Waals surface area contributed by atoms with E-state index in [1.54, 1.807) is 30.5 Å². The van der Waals surface area contributed by atoms with Crippen LogP contribution in [-0.2, 0) is 11.3 Å². The van der Waals surface area contributed by atoms with Crippen LogP contribution < -0.4 is 5.32 Å². The van der Waals surface area contributed by atoms with Gasteiger partial charge in [-0.05, 0) is 26.2 Å². The number of amides is 2. The van der Waals surface area contributed by atoms with E-state index in [2.05, 4.69) is 22.2 Å². The molecule has 1 N–H and O–H groups in total. The van der Waals surface area contributed by atoms with Gasteiger partial charge in [0.05, 0.1) is 24.5 Å². The lowest BCUT2D eigenvalue weighted by Crippen LogP contribution is -2.66. The molecule has 0 aromatic carbocycles. The molecule has 0 aliphatic heterocycles. The van der Waals surface area contributed by atoms with Crippen LogP contribution in [0.3, 0.4) is 0 Å². The van der Waals surface area contributed by atoms with Crippen LogP contribution in [0.4, 0.5) is 4.79 Å². The molecule has 2 aliphatic rings. The summed E-state index contributed by atoms with van der Waals surface area (Å²) in [5, 5.41) is 3.24. The highest BCUT2D eigenvalue weighted by Crippen LogP contribution is 2.53. The summed E-state index contributed by atoms with van der Waals surface area (Å²) in [5.74, 6) is 0. The largest absolute Gasteiger partial charge is 0.378 e. The van der Waals surface area contributed by atoms with E-state index < -0.39 is 0 Å². The molecule has 6 heteroatoms. The van der Waals surface area contributed by atoms with Crippen molar-refractivity contribution in [2.24, 2.45) is 5.41 Å². The molecule has 0 radical (unpaired) electrons. The van der Waals surface area contributed by atoms with Gasteiger partial charge in [-0.1, -0.05) is 19.3 Å². The molecule has 2 amide bonds. The van der Waals surface area contributed by atoms with Gasteiger partial charge in [0.2, 0.25) is 0 Å². The second kappa shape index (κ2) is 7.47. The second-order valence-corrected chi connectivity index (χ2v) is 7.03. The molecule has 132 valence electrons. The zero-order valence-electron chi connectivity index (χ0n) is 14.7. The van der Waals surface area contributed by atoms with Gasteiger partial charge in [0.15, 0.2) is 0 Å². The molecule has 24 heavy (non-hydrogen) atoms. The molecule has 2 atom stereocenters. The maximum absolute atomic E-state index is 12.6. The molecule has 0 saturated heterocycles. The number of carbonyl (C=O) groups is 1. The topological polar surface area (TPSA) is 67.3 Å². The number of carbonyl (C=O) groups excluding carboxylic acids is 1. The number of rotatable bonds is 5. The van der Waals surface area contributed by atoms with Gasteiger partial charge in [-0.2, -0.15) is 0 Å². The first-order valence-electron chi connectivity index (χ1n) is 9.04. The summed E-state index contributed by atoms with van der Waals surface area (Å²) in [4.78, 5) is 22.5. The van der Waals surface area contributed by atoms with Crippen LogP contribution in [0, 0.1) is 5.41 Å². The zero-order chi connectivity index (χ0) is 17.0. The van der Waals surface area contributed by atoms with Gasteiger partial charge in [0, 0.05) is 37.5 Å². The predicted octanol–water partition coefficient (Wildman–Crippen LogP) is 2.75. The molecule has 1 spiro atoms. The molecule has 6 nitrogen and oxygen atoms in total. The molecule has 3 rings (SSSR count). The van der Waals surface area contributed by atoms with Crippen molar-refractivity contribution in [1.29, 1.82) is 0 Å². The number of aromatic nitrogens is 2. The highest BCUT2D eigenvalue weighted by atomic mass is 16.5. The van der Waals surface area contributed by atoms with E-state index in [4.69, 9.17) is 4.74 Å². The lowest BCUT2D eigenvalue weighted by atomic mass is 9.55. The summed E-state index contributed by atoms with van der Waals surface area (Å²) >= 11 is 0. The van der Waals surface area contributed by atoms with E-state index >= 15 is 0 Å². The minimum absolute atomic E-state index is 0.0365. The van der Waals surface area contributed by atoms with Crippen LogP contribution in [0.15, 0.2) is 18.6 Å². The Kier molecular flexibility index (Phi) is 5.33. The minimum Gasteiger partial charge on any atom is -0.378 e. The van der Waals surface area contributed by atoms with Gasteiger partial charge in [-0.15, -0.1) is 0 Å². The summed E-state index contributed by atoms with van der Waals surface area (Å²) in [5.41, 5.74) is 0.945. The maximum atomic E-state index is 12.6. The van der Waals surface area contributed by atoms with Crippen LogP contribution in [-0.4, -0.2) is 46.7 Å². The van der Waals surface area contributed by atoms with Crippen LogP contribution in [0.5, 0.6) is 0 Å². The Morgan fingerprint density at radius 1 is 1.38 bits per heavy atom. The predicted molar refractivity (Wildman–Crippen MR) is 91.4 cm³/mol. The Morgan fingerprint density at radius 2 is 2.17 bits per heavy atom. The fourth-order valence-electron chi connectivity index (χ4n) is 4.25. The fraction of sp³-hybridized carbons (Fsp3) is 0.722. The third-order valence-corrected chi connectivity index (χ3v) is 5.60. The van der Waals surface area contributed by atoms with Crippen molar-refractivity contribution in [2.45, 2.75) is 64.1 Å². The zero-order valence-corrected chi connectivity index (χ0v) is 14.7. The normalized spacial score (nSPS) is 25.1. The van der Waals surface area contributed by atoms with Crippen molar-refractivity contribution in [1.82, 2.24) is 20.2 Å². The van der Waals surface area contributed by atoms with Gasteiger partial charge in [0.25, 0.3) is 0 Å². The summed E-state index contributed by atoms with van der Waals surface area (Å²) in [6.45, 7) is 3.27. The van der Waals surface area contributed by atoms with E-state index in [-0.39, 0.29) is 17.5 Å². The van der Waals surface area contributed by atoms with Gasteiger partial charge in [-0.25, -0.2) is 4.79 Å². The highest BCUT2D eigenvalue weighted by Gasteiger charge is 2.56. The van der Waals surface area contributed by atoms with Crippen molar-refractivity contribution in [3.63, 3.8) is 0 Å². The summed E-state index contributed by atoms with van der Waals surface area (Å²) in [7, 11) is 1.80. The third-order valence-electron chi connectivity index (χ3n) is 5.60. The molecular weight excluding hydrogens is 304 g/mol. The SMILES string of the molecule is CCOC1CC(NC(=O)N(C)Cc2cnccn2)C12CCCCC2. The Bertz CT molecular complexity index is 545. The Labute approximate surface area is 144 Å². The van der Waals surface area contributed by atoms with Crippen molar-refractivity contribution in [2.75, 3.05) is 13.7 Å². The van der Waals surface area contributed by atoms with Crippen LogP contribution >= 0.6 is 0 Å². The average Bonchev–Trinajstić information content (AvgIpc) is 2.62. The molecule has 2 fully saturated rings. The van der Waals surface area contributed by atoms with E-state index in [1.165, 1.54) is 19.3 Å². The maximum Gasteiger partial charge on any atom is 0.317 e. The molecule has 2 unspecified atom stereocenters. The number of ether oxygens (including phenoxy) is 1. The van der Waals surface area contributed by atoms with Crippen molar-refractivity contribution >= 4 is 6.03 Å². The standard InChI is InChI=1S/C18H28N4O2/c1-3-24-16-11-15(18(16)7-5-4-6-8-18)21-17(23)22(2)13-14-12-19-9-10-20-14/h9-10,12,15-16H,3-8,11,13H2,1-2H3,(H,21,23). The molecule has 2 saturated carbocycles. The fourth-order valence-corrected chi connectivity index (χ4v) is 4.25. The lowest BCUT2D eigenvalue weighted by Gasteiger charge is -2.57. The highest BCUT2D eigenvalue weighted by molar-refractivity contribution is 5.74. The van der Waals surface area contributed by atoms with Gasteiger partial charge in [-0.3, -0.25) is 9.97 Å². The van der Waals surface area contributed by atoms with E-state index in [9.17, 15) is 4.79 Å². The number of hydrogen-bond donors (Lipinski definition) is 1. The quantitative estimate of drug-likeness (QED) is 0.900. The molecule has 1 heterocycles. The third kappa shape index (κ3) is 3.38. The molecule has 2 aliphatic carbocycles. The Morgan fingerprint density at radius 3 is 2.83 bits per heavy atom. The monoisotopic (exact) mass is 332 g/mol. The first-order chi connectivity index (χ1) is 11.7. The van der Waals surface area contributed by atoms with Crippen molar-refractivity contribution in [3.8, 4) is 0 Å². The second-order valence-electron chi connectivity index (χ2n) is 7.03. The van der Waals surface area contributed by atoms with E-state index in [0.717, 1.165) is 31.6 Å². The number of hydrogen-bond acceptors (Lipinski definition) is 4. The smallest absolute Gasteiger partial charge is 0.317 e. The summed E-state index contributed by atoms with van der Waals surface area (Å²) in [6, 6.07) is 0.191. The lowest BCUT2D eigenvalue weighted by molar-refractivity contribution is -0.147. The number of nitrogens with zero attached hydrogens (tertiary/aromatic N) is 3. The number of urea groups is 1. The van der Waals surface area contributed by atoms with Gasteiger partial charge < -0.3 is 15.0 Å². The summed E-state index contributed by atoms with van der Waals surface area (Å²) in [6.07, 6.45) is 12.3. The van der Waals surface area contributed by atoms with Crippen LogP contribution in [0.2, 0.25) is 0 Å². The average molecular weight is 332 g/mol. The van der Waals surface area contributed by atoms with Crippen molar-refractivity contribution in [3.05, 3.63) is 24.3 Å². The molecule has 1 aromatic rings. The molecule has 0 bridgehead atoms. The first kappa shape index (κ1) is 17.1. The van der Waals surface area contributed by atoms with Crippen LogP contribution in [0.1, 0.15) is 51.1 Å². The van der Waals surface area contributed by atoms with E-state index in [1.807, 2.05) is 0 Å². The molecular formula is C18H28N4O2. The number of nitrogens with one attached hydrogen (secondary N) is 1. The van der Waals surface area contributed by atoms with Crippen molar-refractivity contribution < 1.29 is 9.53 Å². The first-order valence-corrected chi connectivity index (χ1v) is 9.04. The Balaban J connectivity index is 1.59. The Hall–Kier alpha value is -1.69. The molecule has 1 aromatic heterocycles. The van der Waals surface area contributed by atoms with E-state index in [0.29, 0.717) is 12.6 Å². The van der Waals surface area contributed by atoms with Crippen LogP contribution in [0.25, 0.3) is 0 Å². The summed E-state index contributed by atoms with van der Waals surface area (Å²) < 4.78 is 5.96. The van der Waals surface area contributed by atoms with Gasteiger partial charge in [0.1, 0.15) is 0 Å².